The number of rotatable bonds is 12. The smallest absolute Gasteiger partial charge is 0.360 e. The van der Waals surface area contributed by atoms with Crippen LogP contribution in [0.4, 0.5) is 0 Å². The monoisotopic (exact) mass is 495 g/mol. The topological polar surface area (TPSA) is 80.3 Å². The Morgan fingerprint density at radius 1 is 0.931 bits per heavy atom. The lowest BCUT2D eigenvalue weighted by molar-refractivity contribution is -0.153. The minimum atomic E-state index is -2.59. The second-order valence-corrected chi connectivity index (χ2v) is 28.5. The Kier molecular flexibility index (Phi) is 9.46. The molecule has 1 aliphatic heterocycles. The molecule has 7 nitrogen and oxygen atoms in total. The first-order valence-electron chi connectivity index (χ1n) is 10.3. The maximum Gasteiger partial charge on any atom is 0.360 e. The molecule has 0 aromatic carbocycles. The fraction of sp³-hybridized carbons (Fsp3) is 0.882. The number of carbonyl (C=O) groups is 2. The van der Waals surface area contributed by atoms with Crippen LogP contribution in [0.2, 0.25) is 71.5 Å². The standard InChI is InChI=1S/C17H39O7Si5/c1-25(21-26(2,3)4)22-29(10,24-28(8,9)23-27(5,6)7)13-11-12-15-14-16(18)20-17(15)19/h15H,11-14H2,1-10H3. The van der Waals surface area contributed by atoms with E-state index in [1.54, 1.807) is 0 Å². The van der Waals surface area contributed by atoms with E-state index in [2.05, 4.69) is 63.7 Å². The van der Waals surface area contributed by atoms with Gasteiger partial charge in [0, 0.05) is 0 Å². The minimum Gasteiger partial charge on any atom is -0.437 e. The Balaban J connectivity index is 2.83. The summed E-state index contributed by atoms with van der Waals surface area (Å²) < 4.78 is 30.4. The molecule has 0 spiro atoms. The molecule has 2 atom stereocenters. The maximum absolute atomic E-state index is 11.7. The molecule has 12 heteroatoms. The third kappa shape index (κ3) is 11.3. The van der Waals surface area contributed by atoms with Crippen LogP contribution in [0.15, 0.2) is 0 Å². The molecule has 1 heterocycles. The Labute approximate surface area is 182 Å². The second-order valence-electron chi connectivity index (χ2n) is 10.2. The zero-order valence-electron chi connectivity index (χ0n) is 19.8. The SMILES string of the molecule is C[Si](O[Si](C)(C)C)O[Si](C)(CCCC1CC(=O)OC1=O)O[Si](C)(C)O[Si](C)(C)C. The summed E-state index contributed by atoms with van der Waals surface area (Å²) in [6.07, 6.45) is 1.53. The van der Waals surface area contributed by atoms with Crippen LogP contribution in [0.3, 0.4) is 0 Å². The zero-order chi connectivity index (χ0) is 22.7. The zero-order valence-corrected chi connectivity index (χ0v) is 24.8. The largest absolute Gasteiger partial charge is 0.437 e. The molecule has 0 aromatic heterocycles. The number of cyclic esters (lactones) is 2. The van der Waals surface area contributed by atoms with Gasteiger partial charge in [-0.1, -0.05) is 6.42 Å². The molecular formula is C17H39O7Si5. The van der Waals surface area contributed by atoms with Crippen molar-refractivity contribution in [3.05, 3.63) is 0 Å². The van der Waals surface area contributed by atoms with Gasteiger partial charge in [0.05, 0.1) is 12.3 Å². The van der Waals surface area contributed by atoms with Crippen molar-refractivity contribution in [1.29, 1.82) is 0 Å². The third-order valence-electron chi connectivity index (χ3n) is 3.97. The maximum atomic E-state index is 11.7. The highest BCUT2D eigenvalue weighted by Gasteiger charge is 2.44. The molecular weight excluding hydrogens is 457 g/mol. The van der Waals surface area contributed by atoms with Crippen LogP contribution in [-0.4, -0.2) is 55.0 Å². The van der Waals surface area contributed by atoms with Crippen molar-refractivity contribution >= 4 is 55.0 Å². The molecule has 0 N–H and O–H groups in total. The van der Waals surface area contributed by atoms with Gasteiger partial charge in [-0.3, -0.25) is 9.59 Å². The van der Waals surface area contributed by atoms with E-state index < -0.39 is 55.0 Å². The number of ether oxygens (including phenoxy) is 1. The van der Waals surface area contributed by atoms with Crippen LogP contribution >= 0.6 is 0 Å². The first kappa shape index (κ1) is 27.1. The molecule has 0 amide bonds. The Morgan fingerprint density at radius 2 is 1.52 bits per heavy atom. The van der Waals surface area contributed by atoms with Crippen LogP contribution in [0.5, 0.6) is 0 Å². The predicted octanol–water partition coefficient (Wildman–Crippen LogP) is 4.48. The molecule has 2 unspecified atom stereocenters. The fourth-order valence-electron chi connectivity index (χ4n) is 3.57. The van der Waals surface area contributed by atoms with Crippen LogP contribution in [0, 0.1) is 5.92 Å². The molecule has 0 saturated carbocycles. The molecule has 0 aliphatic carbocycles. The van der Waals surface area contributed by atoms with Crippen LogP contribution in [0.1, 0.15) is 19.3 Å². The highest BCUT2D eigenvalue weighted by Crippen LogP contribution is 2.29. The summed E-state index contributed by atoms with van der Waals surface area (Å²) in [5.41, 5.74) is 0. The molecule has 1 saturated heterocycles. The lowest BCUT2D eigenvalue weighted by Gasteiger charge is -2.40. The number of esters is 2. The van der Waals surface area contributed by atoms with Gasteiger partial charge in [0.15, 0.2) is 16.6 Å². The van der Waals surface area contributed by atoms with E-state index in [-0.39, 0.29) is 12.3 Å². The van der Waals surface area contributed by atoms with Crippen molar-refractivity contribution < 1.29 is 30.8 Å². The van der Waals surface area contributed by atoms with Gasteiger partial charge in [-0.05, 0) is 77.9 Å². The second kappa shape index (κ2) is 10.1. The van der Waals surface area contributed by atoms with Crippen molar-refractivity contribution in [2.24, 2.45) is 5.92 Å². The molecule has 0 bridgehead atoms. The highest BCUT2D eigenvalue weighted by atomic mass is 28.5. The third-order valence-corrected chi connectivity index (χ3v) is 19.8. The Bertz CT molecular complexity index is 588. The van der Waals surface area contributed by atoms with Gasteiger partial charge in [-0.2, -0.15) is 0 Å². The summed E-state index contributed by atoms with van der Waals surface area (Å²) in [4.78, 5) is 23.1. The number of hydrogen-bond donors (Lipinski definition) is 0. The molecule has 29 heavy (non-hydrogen) atoms. The van der Waals surface area contributed by atoms with Gasteiger partial charge in [0.25, 0.3) is 0 Å². The van der Waals surface area contributed by atoms with E-state index in [1.165, 1.54) is 0 Å². The lowest BCUT2D eigenvalue weighted by Crippen LogP contribution is -2.56. The molecule has 1 aliphatic rings. The number of carbonyl (C=O) groups excluding carboxylic acids is 2. The summed E-state index contributed by atoms with van der Waals surface area (Å²) in [5, 5.41) is 0. The van der Waals surface area contributed by atoms with Gasteiger partial charge in [-0.15, -0.1) is 0 Å². The van der Waals surface area contributed by atoms with Gasteiger partial charge in [-0.25, -0.2) is 0 Å². The Morgan fingerprint density at radius 3 is 1.97 bits per heavy atom. The summed E-state index contributed by atoms with van der Waals surface area (Å²) in [5.74, 6) is -1.17. The van der Waals surface area contributed by atoms with Gasteiger partial charge < -0.3 is 21.2 Å². The van der Waals surface area contributed by atoms with E-state index in [4.69, 9.17) is 16.5 Å². The van der Waals surface area contributed by atoms with Crippen LogP contribution in [0.25, 0.3) is 0 Å². The van der Waals surface area contributed by atoms with Crippen LogP contribution in [-0.2, 0) is 30.8 Å². The molecule has 1 radical (unpaired) electrons. The molecule has 1 rings (SSSR count). The average molecular weight is 496 g/mol. The molecule has 1 fully saturated rings. The summed E-state index contributed by atoms with van der Waals surface area (Å²) in [6.45, 7) is 21.2. The summed E-state index contributed by atoms with van der Waals surface area (Å²) in [7, 11) is -9.89. The van der Waals surface area contributed by atoms with Crippen molar-refractivity contribution in [3.63, 3.8) is 0 Å². The van der Waals surface area contributed by atoms with E-state index in [9.17, 15) is 9.59 Å². The minimum absolute atomic E-state index is 0.180. The quantitative estimate of drug-likeness (QED) is 0.224. The summed E-state index contributed by atoms with van der Waals surface area (Å²) >= 11 is 0. The van der Waals surface area contributed by atoms with Gasteiger partial charge in [0.2, 0.25) is 0 Å². The molecule has 0 aromatic rings. The lowest BCUT2D eigenvalue weighted by atomic mass is 10.0. The van der Waals surface area contributed by atoms with Gasteiger partial charge >= 0.3 is 38.3 Å². The predicted molar refractivity (Wildman–Crippen MR) is 125 cm³/mol. The van der Waals surface area contributed by atoms with E-state index in [1.807, 2.05) is 6.55 Å². The van der Waals surface area contributed by atoms with E-state index >= 15 is 0 Å². The average Bonchev–Trinajstić information content (AvgIpc) is 2.70. The normalized spacial score (nSPS) is 20.9. The van der Waals surface area contributed by atoms with Gasteiger partial charge in [0.1, 0.15) is 0 Å². The van der Waals surface area contributed by atoms with Crippen LogP contribution < -0.4 is 0 Å². The van der Waals surface area contributed by atoms with Crippen molar-refractivity contribution in [2.75, 3.05) is 0 Å². The van der Waals surface area contributed by atoms with Crippen molar-refractivity contribution in [2.45, 2.75) is 90.8 Å². The Hall–Kier alpha value is 0.0644. The van der Waals surface area contributed by atoms with E-state index in [0.717, 1.165) is 12.5 Å². The van der Waals surface area contributed by atoms with Crippen molar-refractivity contribution in [1.82, 2.24) is 0 Å². The first-order valence-corrected chi connectivity index (χ1v) is 24.2. The van der Waals surface area contributed by atoms with Crippen molar-refractivity contribution in [3.8, 4) is 0 Å². The van der Waals surface area contributed by atoms with E-state index in [0.29, 0.717) is 6.42 Å². The summed E-state index contributed by atoms with van der Waals surface area (Å²) in [6, 6.07) is 0.730. The molecule has 169 valence electrons. The highest BCUT2D eigenvalue weighted by molar-refractivity contribution is 6.88. The first-order chi connectivity index (χ1) is 12.9. The number of hydrogen-bond acceptors (Lipinski definition) is 7. The fourth-order valence-corrected chi connectivity index (χ4v) is 22.8.